The van der Waals surface area contributed by atoms with Crippen LogP contribution < -0.4 is 69.1 Å². The Morgan fingerprint density at radius 2 is 1.14 bits per heavy atom. The molecule has 2 fully saturated rings. The van der Waals surface area contributed by atoms with Crippen molar-refractivity contribution in [3.63, 3.8) is 0 Å². The minimum absolute atomic E-state index is 0.0282. The number of hydrogen-bond acceptors (Lipinski definition) is 18. The zero-order chi connectivity index (χ0) is 90.5. The largest absolute Gasteiger partial charge is 0.458 e. The van der Waals surface area contributed by atoms with Crippen molar-refractivity contribution in [3.05, 3.63) is 83.6 Å². The fourth-order valence-corrected chi connectivity index (χ4v) is 13.9. The van der Waals surface area contributed by atoms with Crippen LogP contribution in [-0.4, -0.2) is 210 Å². The zero-order valence-corrected chi connectivity index (χ0v) is 73.0. The van der Waals surface area contributed by atoms with Gasteiger partial charge in [-0.25, -0.2) is 4.79 Å². The molecule has 0 radical (unpaired) electrons. The third-order valence-electron chi connectivity index (χ3n) is 21.7. The number of rotatable bonds is 37. The molecule has 2 heterocycles. The first kappa shape index (κ1) is 102. The molecule has 35 heteroatoms. The lowest BCUT2D eigenvalue weighted by Gasteiger charge is -2.34. The number of hydrogen-bond donors (Lipinski definition) is 14. The SMILES string of the molecule is C/C=C1\NC(=O)[C@H](Cc2ccccc2)NC(=O)[C@@H](C(C)C)NC(=O)[C@@H]([C@@H](C)CC)NC(=O)[C@H](NC(=O)[C@H](NC(=O)[C@H](CCCNC(=O)[C@](OC)(c2ccccc2)C(F)(F)F)NC(=O)[C@H]2CCCN2C(=O)[C@H](NC(=O)[C@@H](NC(=O)[C@@H](NC(=O)[C@H](NC(=O)CCCC(C)C)C(C)C)[C@@H](C)O)C(C)C)C(C)C)[C@@H](C)CC)[C@@H](C)OC(=O)[C@H](C(C)C)NC1=O. The number of nitrogens with one attached hydrogen (secondary N) is 13. The number of alkyl halides is 3. The van der Waals surface area contributed by atoms with Crippen LogP contribution in [0.25, 0.3) is 0 Å². The first-order valence-corrected chi connectivity index (χ1v) is 41.7. The van der Waals surface area contributed by atoms with E-state index < -0.39 is 239 Å². The fourth-order valence-electron chi connectivity index (χ4n) is 13.9. The average Bonchev–Trinajstić information content (AvgIpc) is 0.846. The first-order valence-electron chi connectivity index (χ1n) is 41.7. The summed E-state index contributed by atoms with van der Waals surface area (Å²) in [4.78, 5) is 219. The van der Waals surface area contributed by atoms with Crippen molar-refractivity contribution in [2.75, 3.05) is 20.2 Å². The van der Waals surface area contributed by atoms with E-state index in [9.17, 15) is 53.1 Å². The third-order valence-corrected chi connectivity index (χ3v) is 21.7. The van der Waals surface area contributed by atoms with Gasteiger partial charge in [-0.2, -0.15) is 13.2 Å². The highest BCUT2D eigenvalue weighted by Gasteiger charge is 2.62. The van der Waals surface area contributed by atoms with Crippen molar-refractivity contribution in [2.45, 2.75) is 292 Å². The van der Waals surface area contributed by atoms with Crippen LogP contribution in [0, 0.1) is 47.3 Å². The van der Waals surface area contributed by atoms with Crippen LogP contribution >= 0.6 is 0 Å². The predicted octanol–water partition coefficient (Wildman–Crippen LogP) is 4.10. The molecule has 14 N–H and O–H groups in total. The van der Waals surface area contributed by atoms with Gasteiger partial charge in [0.15, 0.2) is 0 Å². The highest BCUT2D eigenvalue weighted by molar-refractivity contribution is 6.03. The number of aliphatic hydroxyl groups excluding tert-OH is 1. The number of allylic oxidation sites excluding steroid dienone is 1. The van der Waals surface area contributed by atoms with Gasteiger partial charge in [0, 0.05) is 38.6 Å². The molecular formula is C85H131F3N14O18. The van der Waals surface area contributed by atoms with Crippen molar-refractivity contribution in [2.24, 2.45) is 47.3 Å². The van der Waals surface area contributed by atoms with Crippen molar-refractivity contribution in [3.8, 4) is 0 Å². The van der Waals surface area contributed by atoms with Crippen molar-refractivity contribution < 1.29 is 99.7 Å². The Balaban J connectivity index is 1.79. The van der Waals surface area contributed by atoms with Gasteiger partial charge in [0.25, 0.3) is 17.4 Å². The number of halogens is 3. The first-order chi connectivity index (χ1) is 56.2. The summed E-state index contributed by atoms with van der Waals surface area (Å²) in [6, 6.07) is -3.38. The highest BCUT2D eigenvalue weighted by atomic mass is 19.4. The minimum Gasteiger partial charge on any atom is -0.458 e. The quantitative estimate of drug-likeness (QED) is 0.0257. The van der Waals surface area contributed by atoms with Crippen LogP contribution in [0.4, 0.5) is 13.2 Å². The minimum atomic E-state index is -5.33. The number of carbonyl (C=O) groups is 15. The molecule has 14 amide bonds. The molecule has 2 aromatic carbocycles. The van der Waals surface area contributed by atoms with E-state index in [1.165, 1.54) is 49.9 Å². The van der Waals surface area contributed by atoms with Crippen LogP contribution in [-0.2, 0) is 93.4 Å². The zero-order valence-electron chi connectivity index (χ0n) is 73.0. The third kappa shape index (κ3) is 28.8. The van der Waals surface area contributed by atoms with Gasteiger partial charge >= 0.3 is 12.1 Å². The number of carbonyl (C=O) groups excluding carboxylic acids is 15. The Kier molecular flexibility index (Phi) is 40.8. The van der Waals surface area contributed by atoms with Crippen molar-refractivity contribution in [1.82, 2.24) is 74.0 Å². The monoisotopic (exact) mass is 1690 g/mol. The predicted molar refractivity (Wildman–Crippen MR) is 440 cm³/mol. The van der Waals surface area contributed by atoms with E-state index >= 15 is 37.1 Å². The molecule has 0 unspecified atom stereocenters. The molecule has 2 aliphatic heterocycles. The summed E-state index contributed by atoms with van der Waals surface area (Å²) in [6.07, 6.45) is -6.23. The molecule has 670 valence electrons. The van der Waals surface area contributed by atoms with Gasteiger partial charge in [0.2, 0.25) is 70.9 Å². The van der Waals surface area contributed by atoms with E-state index in [2.05, 4.69) is 69.1 Å². The van der Waals surface area contributed by atoms with Gasteiger partial charge in [-0.05, 0) is 106 Å². The maximum absolute atomic E-state index is 15.3. The second-order valence-electron chi connectivity index (χ2n) is 33.4. The Bertz CT molecular complexity index is 3870. The van der Waals surface area contributed by atoms with E-state index in [-0.39, 0.29) is 63.1 Å². The Labute approximate surface area is 702 Å². The Hall–Kier alpha value is -10.1. The summed E-state index contributed by atoms with van der Waals surface area (Å²) in [5, 5.41) is 44.9. The number of benzene rings is 2. The number of nitrogens with zero attached hydrogens (tertiary/aromatic N) is 1. The lowest BCUT2D eigenvalue weighted by molar-refractivity contribution is -0.265. The van der Waals surface area contributed by atoms with Crippen LogP contribution in [0.1, 0.15) is 200 Å². The highest BCUT2D eigenvalue weighted by Crippen LogP contribution is 2.42. The Morgan fingerprint density at radius 3 is 1.67 bits per heavy atom. The smallest absolute Gasteiger partial charge is 0.430 e. The van der Waals surface area contributed by atoms with Crippen LogP contribution in [0.3, 0.4) is 0 Å². The molecule has 0 aliphatic carbocycles. The van der Waals surface area contributed by atoms with E-state index in [1.54, 1.807) is 127 Å². The van der Waals surface area contributed by atoms with Crippen molar-refractivity contribution >= 4 is 88.7 Å². The van der Waals surface area contributed by atoms with Gasteiger partial charge in [0.05, 0.1) is 6.10 Å². The summed E-state index contributed by atoms with van der Waals surface area (Å²) in [5.74, 6) is -18.9. The number of likely N-dealkylation sites (tertiary alicyclic amines) is 1. The van der Waals surface area contributed by atoms with E-state index in [1.807, 2.05) is 13.8 Å². The summed E-state index contributed by atoms with van der Waals surface area (Å²) in [5.41, 5.74) is -3.81. The van der Waals surface area contributed by atoms with Gasteiger partial charge in [-0.3, -0.25) is 67.1 Å². The lowest BCUT2D eigenvalue weighted by atomic mass is 9.91. The molecule has 0 saturated carbocycles. The number of cyclic esters (lactones) is 1. The molecular weight excluding hydrogens is 1560 g/mol. The van der Waals surface area contributed by atoms with E-state index in [4.69, 9.17) is 9.47 Å². The average molecular weight is 1690 g/mol. The maximum Gasteiger partial charge on any atom is 0.430 e. The van der Waals surface area contributed by atoms with Crippen LogP contribution in [0.2, 0.25) is 0 Å². The molecule has 0 spiro atoms. The number of methoxy groups -OCH3 is 1. The number of esters is 1. The molecule has 2 saturated heterocycles. The number of amides is 14. The van der Waals surface area contributed by atoms with Crippen molar-refractivity contribution in [1.29, 1.82) is 0 Å². The maximum atomic E-state index is 15.3. The second-order valence-corrected chi connectivity index (χ2v) is 33.4. The summed E-state index contributed by atoms with van der Waals surface area (Å²) < 4.78 is 56.4. The molecule has 17 atom stereocenters. The number of aliphatic hydroxyl groups is 1. The molecule has 2 aliphatic rings. The summed E-state index contributed by atoms with van der Waals surface area (Å²) in [7, 11) is 0.703. The Morgan fingerprint density at radius 1 is 0.608 bits per heavy atom. The van der Waals surface area contributed by atoms with Gasteiger partial charge in [-0.1, -0.05) is 197 Å². The standard InChI is InChI=1S/C85H131F3N14O18/c1-21-50(16)66(78(113)101-69-53(19)120-82(117)65(49(14)15)97-70(105)56(23-3)90-72(107)58(43-54-34-26-24-27-35-54)92-74(109)62(46(8)9)94-77(112)67(51(17)22-2)99-80(69)115)98-71(106)57(38-31-41-89-83(118)84(119-20,85(86,87)88)55-36-28-25-29-37-55)91-73(108)59-39-32-42-102(59)81(116)64(48(12)13)96-76(111)63(47(10)11)95-79(114)68(52(18)103)100-75(110)61(45(6)7)93-60(104)40-30-33-44(4)5/h23-29,34-37,44-53,57-59,61-69,103H,21-22,30-33,38-43H2,1-20H3,(H,89,118)(H,90,107)(H,91,108)(H,92,109)(H,93,104)(H,94,112)(H,95,114)(H,96,111)(H,97,105)(H,98,106)(H,99,115)(H,100,110)(H,101,113)/b56-23-/t50-,51-,52+,53+,57-,58-,59+,61+,62+,63-,64+,65-,66+,67+,68-,69+,84+/m0/s1. The van der Waals surface area contributed by atoms with Crippen LogP contribution in [0.15, 0.2) is 72.4 Å². The molecule has 0 aromatic heterocycles. The van der Waals surface area contributed by atoms with Crippen LogP contribution in [0.5, 0.6) is 0 Å². The normalized spacial score (nSPS) is 21.8. The molecule has 32 nitrogen and oxygen atoms in total. The van der Waals surface area contributed by atoms with E-state index in [0.29, 0.717) is 25.0 Å². The van der Waals surface area contributed by atoms with Gasteiger partial charge in [0.1, 0.15) is 84.3 Å². The fraction of sp³-hybridized carbons (Fsp3) is 0.659. The van der Waals surface area contributed by atoms with E-state index in [0.717, 1.165) is 18.6 Å². The summed E-state index contributed by atoms with van der Waals surface area (Å²) in [6.45, 7) is 30.0. The lowest BCUT2D eigenvalue weighted by Crippen LogP contribution is -2.64. The molecule has 2 aromatic rings. The van der Waals surface area contributed by atoms with Gasteiger partial charge in [-0.15, -0.1) is 0 Å². The second kappa shape index (κ2) is 47.8. The van der Waals surface area contributed by atoms with Gasteiger partial charge < -0.3 is 88.6 Å². The molecule has 4 rings (SSSR count). The molecule has 0 bridgehead atoms. The number of ether oxygens (including phenoxy) is 2. The summed E-state index contributed by atoms with van der Waals surface area (Å²) >= 11 is 0. The topological polar surface area (TPSA) is 454 Å². The molecule has 120 heavy (non-hydrogen) atoms.